The highest BCUT2D eigenvalue weighted by molar-refractivity contribution is 5.51. The summed E-state index contributed by atoms with van der Waals surface area (Å²) < 4.78 is 0. The first kappa shape index (κ1) is 16.3. The average molecular weight is 348 g/mol. The average Bonchev–Trinajstić information content (AvgIpc) is 3.25. The number of aliphatic hydroxyl groups excluding tert-OH is 1. The summed E-state index contributed by atoms with van der Waals surface area (Å²) in [5.41, 5.74) is 4.27. The van der Waals surface area contributed by atoms with Crippen LogP contribution in [-0.4, -0.2) is 47.3 Å². The van der Waals surface area contributed by atoms with Crippen LogP contribution in [0.5, 0.6) is 0 Å². The summed E-state index contributed by atoms with van der Waals surface area (Å²) in [6, 6.07) is 20.2. The molecule has 0 unspecified atom stereocenters. The van der Waals surface area contributed by atoms with E-state index in [4.69, 9.17) is 0 Å². The van der Waals surface area contributed by atoms with Crippen molar-refractivity contribution < 1.29 is 5.11 Å². The first-order chi connectivity index (χ1) is 12.8. The van der Waals surface area contributed by atoms with Crippen LogP contribution in [0.1, 0.15) is 30.4 Å². The fourth-order valence-corrected chi connectivity index (χ4v) is 5.59. The van der Waals surface area contributed by atoms with Gasteiger partial charge in [0.2, 0.25) is 0 Å². The number of nitrogens with zero attached hydrogens (tertiary/aromatic N) is 2. The molecule has 2 fully saturated rings. The summed E-state index contributed by atoms with van der Waals surface area (Å²) >= 11 is 0. The molecule has 2 aromatic carbocycles. The van der Waals surface area contributed by atoms with Crippen molar-refractivity contribution >= 4 is 5.69 Å². The van der Waals surface area contributed by atoms with Crippen molar-refractivity contribution in [2.75, 3.05) is 24.5 Å². The van der Waals surface area contributed by atoms with Gasteiger partial charge in [-0.25, -0.2) is 0 Å². The molecule has 2 saturated heterocycles. The number of hydrogen-bond acceptors (Lipinski definition) is 3. The summed E-state index contributed by atoms with van der Waals surface area (Å²) in [5, 5.41) is 10.9. The van der Waals surface area contributed by atoms with E-state index >= 15 is 0 Å². The summed E-state index contributed by atoms with van der Waals surface area (Å²) in [6.45, 7) is 3.16. The monoisotopic (exact) mass is 348 g/mol. The molecule has 2 aliphatic heterocycles. The quantitative estimate of drug-likeness (QED) is 0.902. The molecule has 0 saturated carbocycles. The zero-order valence-electron chi connectivity index (χ0n) is 15.3. The molecule has 0 radical (unpaired) electrons. The van der Waals surface area contributed by atoms with Gasteiger partial charge in [-0.1, -0.05) is 42.5 Å². The molecular formula is C23H28N2O. The highest BCUT2D eigenvalue weighted by Crippen LogP contribution is 2.42. The maximum Gasteiger partial charge on any atom is 0.0789 e. The Bertz CT molecular complexity index is 742. The van der Waals surface area contributed by atoms with E-state index in [-0.39, 0.29) is 11.6 Å². The van der Waals surface area contributed by atoms with Crippen molar-refractivity contribution in [3.05, 3.63) is 65.7 Å². The highest BCUT2D eigenvalue weighted by atomic mass is 16.3. The largest absolute Gasteiger partial charge is 0.391 e. The lowest BCUT2D eigenvalue weighted by Gasteiger charge is -2.48. The topological polar surface area (TPSA) is 26.7 Å². The van der Waals surface area contributed by atoms with E-state index in [0.717, 1.165) is 38.9 Å². The maximum atomic E-state index is 10.9. The second kappa shape index (κ2) is 6.40. The van der Waals surface area contributed by atoms with Gasteiger partial charge in [0.05, 0.1) is 11.6 Å². The van der Waals surface area contributed by atoms with Gasteiger partial charge in [-0.05, 0) is 55.4 Å². The molecule has 3 nitrogen and oxygen atoms in total. The van der Waals surface area contributed by atoms with Crippen molar-refractivity contribution in [3.63, 3.8) is 0 Å². The van der Waals surface area contributed by atoms with E-state index in [1.54, 1.807) is 0 Å². The number of hydrogen-bond donors (Lipinski definition) is 1. The maximum absolute atomic E-state index is 10.9. The predicted octanol–water partition coefficient (Wildman–Crippen LogP) is 3.26. The van der Waals surface area contributed by atoms with Crippen LogP contribution >= 0.6 is 0 Å². The molecule has 0 aromatic heterocycles. The van der Waals surface area contributed by atoms with Gasteiger partial charge in [0, 0.05) is 31.4 Å². The molecule has 2 heterocycles. The Labute approximate surface area is 156 Å². The van der Waals surface area contributed by atoms with Gasteiger partial charge in [0.25, 0.3) is 0 Å². The van der Waals surface area contributed by atoms with Crippen LogP contribution in [0.4, 0.5) is 5.69 Å². The minimum atomic E-state index is -0.203. The van der Waals surface area contributed by atoms with E-state index < -0.39 is 0 Å². The second-order valence-corrected chi connectivity index (χ2v) is 8.26. The summed E-state index contributed by atoms with van der Waals surface area (Å²) in [4.78, 5) is 5.18. The molecular weight excluding hydrogens is 320 g/mol. The fraction of sp³-hybridized carbons (Fsp3) is 0.478. The van der Waals surface area contributed by atoms with Crippen LogP contribution in [0.25, 0.3) is 0 Å². The molecule has 3 aliphatic rings. The first-order valence-electron chi connectivity index (χ1n) is 10.1. The van der Waals surface area contributed by atoms with Gasteiger partial charge in [0.15, 0.2) is 0 Å². The molecule has 5 rings (SSSR count). The first-order valence-corrected chi connectivity index (χ1v) is 10.1. The minimum Gasteiger partial charge on any atom is -0.391 e. The van der Waals surface area contributed by atoms with E-state index in [0.29, 0.717) is 6.04 Å². The van der Waals surface area contributed by atoms with Crippen LogP contribution in [0, 0.1) is 0 Å². The Morgan fingerprint density at radius 2 is 1.42 bits per heavy atom. The number of fused-ring (bicyclic) bond motifs is 1. The third-order valence-corrected chi connectivity index (χ3v) is 7.06. The Hall–Kier alpha value is -1.84. The Morgan fingerprint density at radius 1 is 0.808 bits per heavy atom. The molecule has 2 aromatic rings. The third kappa shape index (κ3) is 2.57. The molecule has 1 N–H and O–H groups in total. The molecule has 1 spiro atoms. The lowest BCUT2D eigenvalue weighted by Crippen LogP contribution is -2.58. The number of likely N-dealkylation sites (tertiary alicyclic amines) is 1. The Balaban J connectivity index is 1.31. The number of benzene rings is 2. The second-order valence-electron chi connectivity index (χ2n) is 8.26. The summed E-state index contributed by atoms with van der Waals surface area (Å²) in [5.74, 6) is 0. The Kier molecular flexibility index (Phi) is 4.02. The van der Waals surface area contributed by atoms with Crippen molar-refractivity contribution in [1.29, 1.82) is 0 Å². The minimum absolute atomic E-state index is 0.0662. The van der Waals surface area contributed by atoms with E-state index in [9.17, 15) is 5.11 Å². The predicted molar refractivity (Wildman–Crippen MR) is 106 cm³/mol. The summed E-state index contributed by atoms with van der Waals surface area (Å²) in [6.07, 6.45) is 5.20. The van der Waals surface area contributed by atoms with Gasteiger partial charge in [-0.3, -0.25) is 4.90 Å². The number of rotatable bonds is 2. The highest BCUT2D eigenvalue weighted by Gasteiger charge is 2.50. The van der Waals surface area contributed by atoms with E-state index in [1.165, 1.54) is 29.7 Å². The smallest absolute Gasteiger partial charge is 0.0789 e. The van der Waals surface area contributed by atoms with Crippen LogP contribution in [0.3, 0.4) is 0 Å². The van der Waals surface area contributed by atoms with E-state index in [2.05, 4.69) is 64.4 Å². The van der Waals surface area contributed by atoms with Crippen LogP contribution in [0.15, 0.2) is 54.6 Å². The molecule has 1 atom stereocenters. The molecule has 0 amide bonds. The summed E-state index contributed by atoms with van der Waals surface area (Å²) in [7, 11) is 0. The number of aliphatic hydroxyl groups is 1. The SMILES string of the molecule is O[C@H]1CCN(c2ccccc2)C12CCN(C1Cc3ccccc3C1)CC2. The van der Waals surface area contributed by atoms with Crippen molar-refractivity contribution in [3.8, 4) is 0 Å². The lowest BCUT2D eigenvalue weighted by molar-refractivity contribution is 0.0428. The molecule has 136 valence electrons. The van der Waals surface area contributed by atoms with E-state index in [1.807, 2.05) is 0 Å². The lowest BCUT2D eigenvalue weighted by atomic mass is 9.82. The van der Waals surface area contributed by atoms with Gasteiger partial charge < -0.3 is 10.0 Å². The zero-order chi connectivity index (χ0) is 17.6. The molecule has 3 heteroatoms. The molecule has 26 heavy (non-hydrogen) atoms. The number of para-hydroxylation sites is 1. The fourth-order valence-electron chi connectivity index (χ4n) is 5.59. The normalized spacial score (nSPS) is 25.7. The van der Waals surface area contributed by atoms with Crippen molar-refractivity contribution in [2.45, 2.75) is 49.8 Å². The van der Waals surface area contributed by atoms with Crippen LogP contribution in [-0.2, 0) is 12.8 Å². The zero-order valence-corrected chi connectivity index (χ0v) is 15.3. The van der Waals surface area contributed by atoms with Gasteiger partial charge >= 0.3 is 0 Å². The molecule has 0 bridgehead atoms. The standard InChI is InChI=1S/C23H28N2O/c26-22-10-13-25(20-8-2-1-3-9-20)23(22)11-14-24(15-12-23)21-16-18-6-4-5-7-19(18)17-21/h1-9,21-22,26H,10-17H2/t22-/m0/s1. The Morgan fingerprint density at radius 3 is 2.08 bits per heavy atom. The third-order valence-electron chi connectivity index (χ3n) is 7.06. The molecule has 1 aliphatic carbocycles. The van der Waals surface area contributed by atoms with Crippen molar-refractivity contribution in [1.82, 2.24) is 4.90 Å². The van der Waals surface area contributed by atoms with Crippen molar-refractivity contribution in [2.24, 2.45) is 0 Å². The number of anilines is 1. The number of piperidine rings is 1. The van der Waals surface area contributed by atoms with Crippen LogP contribution < -0.4 is 4.90 Å². The van der Waals surface area contributed by atoms with Gasteiger partial charge in [-0.2, -0.15) is 0 Å². The van der Waals surface area contributed by atoms with Gasteiger partial charge in [0.1, 0.15) is 0 Å². The van der Waals surface area contributed by atoms with Gasteiger partial charge in [-0.15, -0.1) is 0 Å². The van der Waals surface area contributed by atoms with Crippen LogP contribution in [0.2, 0.25) is 0 Å².